The minimum atomic E-state index is 0.0636. The molecule has 2 aliphatic rings. The molecule has 1 N–H and O–H groups in total. The average Bonchev–Trinajstić information content (AvgIpc) is 2.39. The molecule has 1 aliphatic carbocycles. The van der Waals surface area contributed by atoms with E-state index in [1.165, 1.54) is 19.3 Å². The van der Waals surface area contributed by atoms with Crippen LogP contribution in [0.25, 0.3) is 0 Å². The minimum Gasteiger partial charge on any atom is -0.462 e. The SMILES string of the molecule is CCC1CCCCC1OC(=O)C1CCNC(C)C1. The zero-order valence-electron chi connectivity index (χ0n) is 11.8. The summed E-state index contributed by atoms with van der Waals surface area (Å²) in [6, 6.07) is 0.449. The number of hydrogen-bond acceptors (Lipinski definition) is 3. The summed E-state index contributed by atoms with van der Waals surface area (Å²) in [7, 11) is 0. The fourth-order valence-electron chi connectivity index (χ4n) is 3.39. The lowest BCUT2D eigenvalue weighted by molar-refractivity contribution is -0.160. The second-order valence-corrected chi connectivity index (χ2v) is 6.00. The third-order valence-corrected chi connectivity index (χ3v) is 4.59. The summed E-state index contributed by atoms with van der Waals surface area (Å²) in [4.78, 5) is 12.2. The van der Waals surface area contributed by atoms with Gasteiger partial charge in [0.15, 0.2) is 0 Å². The van der Waals surface area contributed by atoms with E-state index in [9.17, 15) is 4.79 Å². The predicted molar refractivity (Wildman–Crippen MR) is 72.3 cm³/mol. The molecule has 0 aromatic carbocycles. The molecule has 2 rings (SSSR count). The largest absolute Gasteiger partial charge is 0.462 e. The Balaban J connectivity index is 1.85. The molecule has 1 saturated carbocycles. The fourth-order valence-corrected chi connectivity index (χ4v) is 3.39. The molecule has 0 aromatic rings. The normalized spacial score (nSPS) is 37.2. The first-order valence-corrected chi connectivity index (χ1v) is 7.64. The van der Waals surface area contributed by atoms with Crippen LogP contribution in [0.15, 0.2) is 0 Å². The van der Waals surface area contributed by atoms with Gasteiger partial charge in [-0.1, -0.05) is 13.3 Å². The highest BCUT2D eigenvalue weighted by Gasteiger charge is 2.31. The first-order valence-electron chi connectivity index (χ1n) is 7.64. The van der Waals surface area contributed by atoms with E-state index in [-0.39, 0.29) is 18.0 Å². The molecule has 3 nitrogen and oxygen atoms in total. The molecule has 4 unspecified atom stereocenters. The van der Waals surface area contributed by atoms with Crippen molar-refractivity contribution in [2.45, 2.75) is 70.9 Å². The van der Waals surface area contributed by atoms with Gasteiger partial charge in [-0.15, -0.1) is 0 Å². The molecule has 0 spiro atoms. The second-order valence-electron chi connectivity index (χ2n) is 6.00. The van der Waals surface area contributed by atoms with Crippen LogP contribution in [0.5, 0.6) is 0 Å². The zero-order chi connectivity index (χ0) is 13.0. The van der Waals surface area contributed by atoms with Gasteiger partial charge in [0.25, 0.3) is 0 Å². The summed E-state index contributed by atoms with van der Waals surface area (Å²) < 4.78 is 5.82. The second kappa shape index (κ2) is 6.55. The summed E-state index contributed by atoms with van der Waals surface area (Å²) >= 11 is 0. The molecular formula is C15H27NO2. The van der Waals surface area contributed by atoms with Gasteiger partial charge < -0.3 is 10.1 Å². The smallest absolute Gasteiger partial charge is 0.309 e. The third kappa shape index (κ3) is 3.47. The van der Waals surface area contributed by atoms with Crippen LogP contribution in [-0.2, 0) is 9.53 Å². The minimum absolute atomic E-state index is 0.0636. The van der Waals surface area contributed by atoms with Crippen LogP contribution in [0.1, 0.15) is 58.8 Å². The maximum absolute atomic E-state index is 12.2. The molecule has 18 heavy (non-hydrogen) atoms. The molecule has 0 radical (unpaired) electrons. The summed E-state index contributed by atoms with van der Waals surface area (Å²) in [5, 5.41) is 3.38. The Bertz CT molecular complexity index is 280. The standard InChI is InChI=1S/C15H27NO2/c1-3-12-6-4-5-7-14(12)18-15(17)13-8-9-16-11(2)10-13/h11-14,16H,3-10H2,1-2H3. The van der Waals surface area contributed by atoms with Gasteiger partial charge in [-0.05, 0) is 57.9 Å². The summed E-state index contributed by atoms with van der Waals surface area (Å²) in [5.74, 6) is 0.788. The Kier molecular flexibility index (Phi) is 5.04. The van der Waals surface area contributed by atoms with E-state index in [4.69, 9.17) is 4.74 Å². The highest BCUT2D eigenvalue weighted by molar-refractivity contribution is 5.72. The summed E-state index contributed by atoms with van der Waals surface area (Å²) in [5.41, 5.74) is 0. The van der Waals surface area contributed by atoms with Crippen molar-refractivity contribution in [2.24, 2.45) is 11.8 Å². The predicted octanol–water partition coefficient (Wildman–Crippen LogP) is 2.89. The summed E-state index contributed by atoms with van der Waals surface area (Å²) in [6.07, 6.45) is 8.03. The number of hydrogen-bond donors (Lipinski definition) is 1. The van der Waals surface area contributed by atoms with Crippen LogP contribution in [-0.4, -0.2) is 24.7 Å². The van der Waals surface area contributed by atoms with Gasteiger partial charge in [0.05, 0.1) is 5.92 Å². The van der Waals surface area contributed by atoms with Crippen LogP contribution >= 0.6 is 0 Å². The van der Waals surface area contributed by atoms with Crippen LogP contribution in [0, 0.1) is 11.8 Å². The highest BCUT2D eigenvalue weighted by atomic mass is 16.5. The monoisotopic (exact) mass is 253 g/mol. The zero-order valence-corrected chi connectivity index (χ0v) is 11.8. The van der Waals surface area contributed by atoms with Gasteiger partial charge in [0.2, 0.25) is 0 Å². The van der Waals surface area contributed by atoms with E-state index >= 15 is 0 Å². The van der Waals surface area contributed by atoms with Crippen LogP contribution in [0.2, 0.25) is 0 Å². The van der Waals surface area contributed by atoms with E-state index < -0.39 is 0 Å². The lowest BCUT2D eigenvalue weighted by Crippen LogP contribution is -2.41. The van der Waals surface area contributed by atoms with E-state index in [1.54, 1.807) is 0 Å². The number of nitrogens with one attached hydrogen (secondary N) is 1. The van der Waals surface area contributed by atoms with E-state index in [2.05, 4.69) is 19.2 Å². The van der Waals surface area contributed by atoms with Crippen molar-refractivity contribution < 1.29 is 9.53 Å². The average molecular weight is 253 g/mol. The maximum atomic E-state index is 12.2. The highest BCUT2D eigenvalue weighted by Crippen LogP contribution is 2.30. The number of carbonyl (C=O) groups excluding carboxylic acids is 1. The molecule has 0 amide bonds. The van der Waals surface area contributed by atoms with Gasteiger partial charge in [-0.3, -0.25) is 4.79 Å². The summed E-state index contributed by atoms with van der Waals surface area (Å²) in [6.45, 7) is 5.31. The van der Waals surface area contributed by atoms with Gasteiger partial charge in [-0.2, -0.15) is 0 Å². The lowest BCUT2D eigenvalue weighted by Gasteiger charge is -2.33. The molecular weight excluding hydrogens is 226 g/mol. The van der Waals surface area contributed by atoms with Crippen molar-refractivity contribution >= 4 is 5.97 Å². The number of piperidine rings is 1. The van der Waals surface area contributed by atoms with Crippen molar-refractivity contribution in [1.82, 2.24) is 5.32 Å². The molecule has 0 aromatic heterocycles. The number of rotatable bonds is 3. The Morgan fingerprint density at radius 2 is 2.06 bits per heavy atom. The Morgan fingerprint density at radius 1 is 1.28 bits per heavy atom. The van der Waals surface area contributed by atoms with Crippen molar-refractivity contribution in [3.8, 4) is 0 Å². The molecule has 1 aliphatic heterocycles. The Hall–Kier alpha value is -0.570. The first kappa shape index (κ1) is 13.9. The van der Waals surface area contributed by atoms with Crippen LogP contribution in [0.4, 0.5) is 0 Å². The lowest BCUT2D eigenvalue weighted by atomic mass is 9.84. The van der Waals surface area contributed by atoms with Crippen molar-refractivity contribution in [1.29, 1.82) is 0 Å². The third-order valence-electron chi connectivity index (χ3n) is 4.59. The molecule has 0 bridgehead atoms. The van der Waals surface area contributed by atoms with Crippen molar-refractivity contribution in [2.75, 3.05) is 6.54 Å². The van der Waals surface area contributed by atoms with Gasteiger partial charge in [-0.25, -0.2) is 0 Å². The van der Waals surface area contributed by atoms with Crippen LogP contribution in [0.3, 0.4) is 0 Å². The van der Waals surface area contributed by atoms with Gasteiger partial charge in [0.1, 0.15) is 6.10 Å². The number of ether oxygens (including phenoxy) is 1. The molecule has 2 fully saturated rings. The quantitative estimate of drug-likeness (QED) is 0.786. The number of carbonyl (C=O) groups is 1. The fraction of sp³-hybridized carbons (Fsp3) is 0.933. The Morgan fingerprint density at radius 3 is 2.78 bits per heavy atom. The van der Waals surface area contributed by atoms with Crippen molar-refractivity contribution in [3.63, 3.8) is 0 Å². The molecule has 3 heteroatoms. The van der Waals surface area contributed by atoms with E-state index in [0.717, 1.165) is 32.2 Å². The molecule has 4 atom stereocenters. The Labute approximate surface area is 111 Å². The van der Waals surface area contributed by atoms with Gasteiger partial charge in [0, 0.05) is 6.04 Å². The van der Waals surface area contributed by atoms with Gasteiger partial charge >= 0.3 is 5.97 Å². The van der Waals surface area contributed by atoms with E-state index in [0.29, 0.717) is 12.0 Å². The van der Waals surface area contributed by atoms with E-state index in [1.807, 2.05) is 0 Å². The van der Waals surface area contributed by atoms with Crippen molar-refractivity contribution in [3.05, 3.63) is 0 Å². The first-order chi connectivity index (χ1) is 8.70. The van der Waals surface area contributed by atoms with Crippen LogP contribution < -0.4 is 5.32 Å². The topological polar surface area (TPSA) is 38.3 Å². The molecule has 1 saturated heterocycles. The number of esters is 1. The maximum Gasteiger partial charge on any atom is 0.309 e. The molecule has 104 valence electrons. The molecule has 1 heterocycles.